The molecule has 1 unspecified atom stereocenters. The van der Waals surface area contributed by atoms with E-state index in [0.717, 1.165) is 49.8 Å². The van der Waals surface area contributed by atoms with E-state index in [0.29, 0.717) is 12.5 Å². The molecule has 0 aromatic carbocycles. The molecule has 1 amide bonds. The number of nitrogens with zero attached hydrogens (tertiary/aromatic N) is 4. The first kappa shape index (κ1) is 16.2. The lowest BCUT2D eigenvalue weighted by molar-refractivity contribution is -0.123. The number of hydrogen-bond acceptors (Lipinski definition) is 6. The monoisotopic (exact) mass is 333 g/mol. The van der Waals surface area contributed by atoms with Crippen LogP contribution < -0.4 is 10.2 Å². The number of anilines is 1. The number of carbonyl (C=O) groups excluding carboxylic acids is 1. The molecule has 23 heavy (non-hydrogen) atoms. The molecule has 1 saturated heterocycles. The lowest BCUT2D eigenvalue weighted by Gasteiger charge is -2.34. The van der Waals surface area contributed by atoms with Gasteiger partial charge in [-0.1, -0.05) is 0 Å². The van der Waals surface area contributed by atoms with E-state index in [-0.39, 0.29) is 5.91 Å². The average Bonchev–Trinajstić information content (AvgIpc) is 3.31. The Hall–Kier alpha value is -1.65. The Morgan fingerprint density at radius 3 is 2.70 bits per heavy atom. The number of aromatic nitrogens is 1. The number of nitrogens with one attached hydrogen (secondary N) is 1. The van der Waals surface area contributed by atoms with Gasteiger partial charge in [0.25, 0.3) is 0 Å². The molecule has 6 nitrogen and oxygen atoms in total. The number of nitriles is 1. The van der Waals surface area contributed by atoms with Gasteiger partial charge in [0.1, 0.15) is 5.54 Å². The van der Waals surface area contributed by atoms with Gasteiger partial charge in [-0.2, -0.15) is 5.26 Å². The SMILES string of the molecule is Cc1csc(N2CCN(CC(=O)NC(C)(C#N)C3CC3)CC2)n1. The van der Waals surface area contributed by atoms with Crippen molar-refractivity contribution in [2.45, 2.75) is 32.2 Å². The van der Waals surface area contributed by atoms with Gasteiger partial charge in [-0.05, 0) is 32.6 Å². The Morgan fingerprint density at radius 2 is 2.17 bits per heavy atom. The quantitative estimate of drug-likeness (QED) is 0.881. The van der Waals surface area contributed by atoms with E-state index in [1.165, 1.54) is 0 Å². The summed E-state index contributed by atoms with van der Waals surface area (Å²) in [6.45, 7) is 7.68. The van der Waals surface area contributed by atoms with Crippen LogP contribution in [0.4, 0.5) is 5.13 Å². The van der Waals surface area contributed by atoms with E-state index < -0.39 is 5.54 Å². The van der Waals surface area contributed by atoms with Gasteiger partial charge in [0, 0.05) is 31.6 Å². The van der Waals surface area contributed by atoms with Crippen molar-refractivity contribution < 1.29 is 4.79 Å². The van der Waals surface area contributed by atoms with Gasteiger partial charge in [-0.25, -0.2) is 4.98 Å². The molecular weight excluding hydrogens is 310 g/mol. The van der Waals surface area contributed by atoms with Gasteiger partial charge in [0.15, 0.2) is 5.13 Å². The van der Waals surface area contributed by atoms with E-state index in [4.69, 9.17) is 0 Å². The van der Waals surface area contributed by atoms with Crippen molar-refractivity contribution in [3.8, 4) is 6.07 Å². The molecular formula is C16H23N5OS. The van der Waals surface area contributed by atoms with Crippen molar-refractivity contribution in [1.29, 1.82) is 5.26 Å². The summed E-state index contributed by atoms with van der Waals surface area (Å²) >= 11 is 1.67. The van der Waals surface area contributed by atoms with Crippen molar-refractivity contribution in [2.24, 2.45) is 5.92 Å². The minimum atomic E-state index is -0.697. The molecule has 1 aliphatic heterocycles. The fraction of sp³-hybridized carbons (Fsp3) is 0.688. The summed E-state index contributed by atoms with van der Waals surface area (Å²) in [4.78, 5) is 21.2. The highest BCUT2D eigenvalue weighted by Gasteiger charge is 2.43. The second kappa shape index (κ2) is 6.46. The van der Waals surface area contributed by atoms with Crippen LogP contribution in [0.25, 0.3) is 0 Å². The molecule has 124 valence electrons. The minimum absolute atomic E-state index is 0.0421. The van der Waals surface area contributed by atoms with Crippen LogP contribution >= 0.6 is 11.3 Å². The van der Waals surface area contributed by atoms with E-state index in [2.05, 4.69) is 31.5 Å². The second-order valence-corrected chi connectivity index (χ2v) is 7.51. The van der Waals surface area contributed by atoms with E-state index in [1.807, 2.05) is 13.8 Å². The van der Waals surface area contributed by atoms with E-state index >= 15 is 0 Å². The maximum absolute atomic E-state index is 12.2. The summed E-state index contributed by atoms with van der Waals surface area (Å²) < 4.78 is 0. The zero-order valence-corrected chi connectivity index (χ0v) is 14.5. The highest BCUT2D eigenvalue weighted by Crippen LogP contribution is 2.39. The predicted molar refractivity (Wildman–Crippen MR) is 90.4 cm³/mol. The number of carbonyl (C=O) groups is 1. The van der Waals surface area contributed by atoms with Crippen LogP contribution in [-0.4, -0.2) is 54.1 Å². The summed E-state index contributed by atoms with van der Waals surface area (Å²) in [5.74, 6) is 0.279. The highest BCUT2D eigenvalue weighted by molar-refractivity contribution is 7.13. The fourth-order valence-corrected chi connectivity index (χ4v) is 3.86. The van der Waals surface area contributed by atoms with Crippen LogP contribution in [0.5, 0.6) is 0 Å². The molecule has 0 bridgehead atoms. The third-order valence-corrected chi connectivity index (χ3v) is 5.66. The largest absolute Gasteiger partial charge is 0.346 e. The molecule has 2 fully saturated rings. The number of amides is 1. The maximum Gasteiger partial charge on any atom is 0.235 e. The first-order chi connectivity index (χ1) is 11.0. The topological polar surface area (TPSA) is 72.3 Å². The van der Waals surface area contributed by atoms with Crippen molar-refractivity contribution in [3.63, 3.8) is 0 Å². The van der Waals surface area contributed by atoms with Crippen LogP contribution in [0.15, 0.2) is 5.38 Å². The Kier molecular flexibility index (Phi) is 4.55. The van der Waals surface area contributed by atoms with Crippen molar-refractivity contribution >= 4 is 22.4 Å². The summed E-state index contributed by atoms with van der Waals surface area (Å²) in [6.07, 6.45) is 2.08. The van der Waals surface area contributed by atoms with Crippen molar-refractivity contribution in [2.75, 3.05) is 37.6 Å². The Bertz CT molecular complexity index is 612. The van der Waals surface area contributed by atoms with E-state index in [1.54, 1.807) is 11.3 Å². The number of aryl methyl sites for hydroxylation is 1. The highest BCUT2D eigenvalue weighted by atomic mass is 32.1. The van der Waals surface area contributed by atoms with Gasteiger partial charge in [0.05, 0.1) is 18.3 Å². The van der Waals surface area contributed by atoms with Crippen LogP contribution in [0.1, 0.15) is 25.5 Å². The molecule has 0 radical (unpaired) electrons. The van der Waals surface area contributed by atoms with Crippen LogP contribution in [0.2, 0.25) is 0 Å². The fourth-order valence-electron chi connectivity index (χ4n) is 3.00. The number of hydrogen-bond donors (Lipinski definition) is 1. The number of thiazole rings is 1. The first-order valence-electron chi connectivity index (χ1n) is 8.12. The van der Waals surface area contributed by atoms with Gasteiger partial charge >= 0.3 is 0 Å². The maximum atomic E-state index is 12.2. The zero-order chi connectivity index (χ0) is 16.4. The molecule has 3 rings (SSSR count). The van der Waals surface area contributed by atoms with Gasteiger partial charge in [0.2, 0.25) is 5.91 Å². The standard InChI is InChI=1S/C16H23N5OS/c1-12-10-23-15(18-12)21-7-5-20(6-8-21)9-14(22)19-16(2,11-17)13-3-4-13/h10,13H,3-9H2,1-2H3,(H,19,22). The summed E-state index contributed by atoms with van der Waals surface area (Å²) in [5, 5.41) is 15.4. The smallest absolute Gasteiger partial charge is 0.235 e. The number of rotatable bonds is 5. The second-order valence-electron chi connectivity index (χ2n) is 6.67. The van der Waals surface area contributed by atoms with Crippen molar-refractivity contribution in [3.05, 3.63) is 11.1 Å². The third-order valence-electron chi connectivity index (χ3n) is 4.64. The predicted octanol–water partition coefficient (Wildman–Crippen LogP) is 1.38. The lowest BCUT2D eigenvalue weighted by atomic mass is 9.98. The van der Waals surface area contributed by atoms with E-state index in [9.17, 15) is 10.1 Å². The van der Waals surface area contributed by atoms with Crippen LogP contribution in [0.3, 0.4) is 0 Å². The summed E-state index contributed by atoms with van der Waals surface area (Å²) in [6, 6.07) is 2.27. The van der Waals surface area contributed by atoms with Crippen LogP contribution in [0, 0.1) is 24.2 Å². The minimum Gasteiger partial charge on any atom is -0.346 e. The molecule has 0 spiro atoms. The van der Waals surface area contributed by atoms with Crippen molar-refractivity contribution in [1.82, 2.24) is 15.2 Å². The number of piperazine rings is 1. The first-order valence-corrected chi connectivity index (χ1v) is 9.00. The van der Waals surface area contributed by atoms with Gasteiger partial charge in [-0.3, -0.25) is 9.69 Å². The molecule has 1 N–H and O–H groups in total. The average molecular weight is 333 g/mol. The Balaban J connectivity index is 1.47. The molecule has 2 heterocycles. The molecule has 2 aliphatic rings. The van der Waals surface area contributed by atoms with Crippen LogP contribution in [-0.2, 0) is 4.79 Å². The molecule has 1 aromatic heterocycles. The summed E-state index contributed by atoms with van der Waals surface area (Å²) in [7, 11) is 0. The normalized spacial score (nSPS) is 21.5. The molecule has 1 aromatic rings. The Labute approximate surface area is 141 Å². The molecule has 1 saturated carbocycles. The molecule has 1 atom stereocenters. The lowest BCUT2D eigenvalue weighted by Crippen LogP contribution is -2.53. The van der Waals surface area contributed by atoms with Gasteiger partial charge in [-0.15, -0.1) is 11.3 Å². The summed E-state index contributed by atoms with van der Waals surface area (Å²) in [5.41, 5.74) is 0.361. The van der Waals surface area contributed by atoms with Gasteiger partial charge < -0.3 is 10.2 Å². The zero-order valence-electron chi connectivity index (χ0n) is 13.7. The Morgan fingerprint density at radius 1 is 1.48 bits per heavy atom. The molecule has 1 aliphatic carbocycles. The molecule has 7 heteroatoms. The third kappa shape index (κ3) is 3.82.